The minimum atomic E-state index is 0.0475. The Kier molecular flexibility index (Phi) is 3.56. The van der Waals surface area contributed by atoms with Gasteiger partial charge in [-0.25, -0.2) is 0 Å². The van der Waals surface area contributed by atoms with E-state index in [0.717, 1.165) is 6.54 Å². The third-order valence-electron chi connectivity index (χ3n) is 2.03. The largest absolute Gasteiger partial charge is 0.464 e. The monoisotopic (exact) mass is 250 g/mol. The predicted molar refractivity (Wildman–Crippen MR) is 63.4 cm³/mol. The number of nitrogens with two attached hydrogens (primary N) is 1. The number of rotatable bonds is 5. The van der Waals surface area contributed by atoms with Gasteiger partial charge in [0, 0.05) is 6.54 Å². The Morgan fingerprint density at radius 2 is 2.00 bits per heavy atom. The summed E-state index contributed by atoms with van der Waals surface area (Å²) >= 11 is 0. The van der Waals surface area contributed by atoms with Crippen LogP contribution in [0.4, 0.5) is 5.95 Å². The van der Waals surface area contributed by atoms with E-state index in [1.165, 1.54) is 0 Å². The maximum atomic E-state index is 5.53. The molecule has 0 radical (unpaired) electrons. The molecule has 0 spiro atoms. The number of aromatic nitrogens is 5. The highest BCUT2D eigenvalue weighted by Gasteiger charge is 2.08. The first-order chi connectivity index (χ1) is 8.71. The van der Waals surface area contributed by atoms with Gasteiger partial charge >= 0.3 is 12.0 Å². The summed E-state index contributed by atoms with van der Waals surface area (Å²) in [6, 6.07) is 0.226. The van der Waals surface area contributed by atoms with E-state index in [1.807, 2.05) is 13.8 Å². The average Bonchev–Trinajstić information content (AvgIpc) is 2.76. The van der Waals surface area contributed by atoms with Crippen LogP contribution in [0.25, 0.3) is 0 Å². The van der Waals surface area contributed by atoms with E-state index in [-0.39, 0.29) is 18.0 Å². The normalized spacial score (nSPS) is 10.3. The van der Waals surface area contributed by atoms with Crippen LogP contribution in [0.1, 0.15) is 13.8 Å². The SMILES string of the molecule is CCOc1nc(N)nc(Oc2cnn(CC)c2)n1. The van der Waals surface area contributed by atoms with Crippen LogP contribution < -0.4 is 15.2 Å². The van der Waals surface area contributed by atoms with E-state index in [1.54, 1.807) is 17.1 Å². The molecule has 96 valence electrons. The first-order valence-corrected chi connectivity index (χ1v) is 5.56. The van der Waals surface area contributed by atoms with E-state index < -0.39 is 0 Å². The molecule has 0 saturated heterocycles. The highest BCUT2D eigenvalue weighted by atomic mass is 16.5. The zero-order valence-electron chi connectivity index (χ0n) is 10.2. The number of nitrogens with zero attached hydrogens (tertiary/aromatic N) is 5. The molecule has 0 unspecified atom stereocenters. The van der Waals surface area contributed by atoms with Crippen molar-refractivity contribution in [3.05, 3.63) is 12.4 Å². The van der Waals surface area contributed by atoms with Gasteiger partial charge in [0.15, 0.2) is 5.75 Å². The van der Waals surface area contributed by atoms with Gasteiger partial charge in [0.1, 0.15) is 0 Å². The summed E-state index contributed by atoms with van der Waals surface area (Å²) in [5.41, 5.74) is 5.53. The van der Waals surface area contributed by atoms with Gasteiger partial charge in [-0.3, -0.25) is 4.68 Å². The molecule has 0 saturated carbocycles. The maximum absolute atomic E-state index is 5.53. The first kappa shape index (κ1) is 12.1. The first-order valence-electron chi connectivity index (χ1n) is 5.56. The summed E-state index contributed by atoms with van der Waals surface area (Å²) in [6.45, 7) is 5.00. The average molecular weight is 250 g/mol. The van der Waals surface area contributed by atoms with Crippen molar-refractivity contribution in [2.24, 2.45) is 0 Å². The maximum Gasteiger partial charge on any atom is 0.330 e. The molecule has 2 heterocycles. The summed E-state index contributed by atoms with van der Waals surface area (Å²) < 4.78 is 12.3. The summed E-state index contributed by atoms with van der Waals surface area (Å²) in [7, 11) is 0. The van der Waals surface area contributed by atoms with Gasteiger partial charge in [-0.15, -0.1) is 4.98 Å². The molecular weight excluding hydrogens is 236 g/mol. The number of hydrogen-bond donors (Lipinski definition) is 1. The summed E-state index contributed by atoms with van der Waals surface area (Å²) in [5, 5.41) is 4.07. The molecule has 0 fully saturated rings. The Morgan fingerprint density at radius 1 is 1.22 bits per heavy atom. The molecule has 0 aliphatic rings. The fourth-order valence-electron chi connectivity index (χ4n) is 1.27. The van der Waals surface area contributed by atoms with Crippen LogP contribution in [0.2, 0.25) is 0 Å². The van der Waals surface area contributed by atoms with Gasteiger partial charge in [-0.05, 0) is 13.8 Å². The molecule has 0 aliphatic heterocycles. The van der Waals surface area contributed by atoms with E-state index in [4.69, 9.17) is 15.2 Å². The van der Waals surface area contributed by atoms with Crippen molar-refractivity contribution >= 4 is 5.95 Å². The van der Waals surface area contributed by atoms with Gasteiger partial charge in [-0.1, -0.05) is 0 Å². The van der Waals surface area contributed by atoms with Crippen molar-refractivity contribution in [3.63, 3.8) is 0 Å². The van der Waals surface area contributed by atoms with Crippen LogP contribution >= 0.6 is 0 Å². The molecule has 0 atom stereocenters. The second-order valence-corrected chi connectivity index (χ2v) is 3.33. The Balaban J connectivity index is 2.17. The zero-order chi connectivity index (χ0) is 13.0. The third kappa shape index (κ3) is 2.84. The summed E-state index contributed by atoms with van der Waals surface area (Å²) in [5.74, 6) is 0.580. The molecule has 2 aromatic heterocycles. The second-order valence-electron chi connectivity index (χ2n) is 3.33. The molecule has 2 rings (SSSR count). The van der Waals surface area contributed by atoms with Gasteiger partial charge in [0.05, 0.1) is 19.0 Å². The molecular formula is C10H14N6O2. The molecule has 8 heteroatoms. The lowest BCUT2D eigenvalue weighted by atomic mass is 10.6. The van der Waals surface area contributed by atoms with Gasteiger partial charge in [0.25, 0.3) is 0 Å². The van der Waals surface area contributed by atoms with E-state index >= 15 is 0 Å². The second kappa shape index (κ2) is 5.30. The lowest BCUT2D eigenvalue weighted by Gasteiger charge is -2.04. The van der Waals surface area contributed by atoms with Crippen molar-refractivity contribution in [2.45, 2.75) is 20.4 Å². The number of aryl methyl sites for hydroxylation is 1. The van der Waals surface area contributed by atoms with Crippen molar-refractivity contribution in [3.8, 4) is 17.8 Å². The minimum absolute atomic E-state index is 0.0475. The van der Waals surface area contributed by atoms with E-state index in [0.29, 0.717) is 12.4 Å². The van der Waals surface area contributed by atoms with Gasteiger partial charge in [0.2, 0.25) is 5.95 Å². The molecule has 0 bridgehead atoms. The van der Waals surface area contributed by atoms with Crippen LogP contribution in [0.3, 0.4) is 0 Å². The van der Waals surface area contributed by atoms with Crippen molar-refractivity contribution < 1.29 is 9.47 Å². The van der Waals surface area contributed by atoms with Crippen LogP contribution in [0.15, 0.2) is 12.4 Å². The topological polar surface area (TPSA) is 101 Å². The molecule has 0 aromatic carbocycles. The molecule has 2 N–H and O–H groups in total. The van der Waals surface area contributed by atoms with Crippen LogP contribution in [0, 0.1) is 0 Å². The lowest BCUT2D eigenvalue weighted by Crippen LogP contribution is -2.04. The molecule has 0 aliphatic carbocycles. The molecule has 2 aromatic rings. The van der Waals surface area contributed by atoms with Gasteiger partial charge in [-0.2, -0.15) is 15.1 Å². The quantitative estimate of drug-likeness (QED) is 0.839. The van der Waals surface area contributed by atoms with Crippen LogP contribution in [0.5, 0.6) is 17.8 Å². The Bertz CT molecular complexity index is 527. The zero-order valence-corrected chi connectivity index (χ0v) is 10.2. The molecule has 0 amide bonds. The molecule has 18 heavy (non-hydrogen) atoms. The number of hydrogen-bond acceptors (Lipinski definition) is 7. The Morgan fingerprint density at radius 3 is 2.67 bits per heavy atom. The highest BCUT2D eigenvalue weighted by molar-refractivity contribution is 5.24. The number of nitrogen functional groups attached to an aromatic ring is 1. The van der Waals surface area contributed by atoms with Crippen molar-refractivity contribution in [2.75, 3.05) is 12.3 Å². The van der Waals surface area contributed by atoms with E-state index in [9.17, 15) is 0 Å². The summed E-state index contributed by atoms with van der Waals surface area (Å²) in [6.07, 6.45) is 3.31. The lowest BCUT2D eigenvalue weighted by molar-refractivity contribution is 0.304. The fraction of sp³-hybridized carbons (Fsp3) is 0.400. The smallest absolute Gasteiger partial charge is 0.330 e. The van der Waals surface area contributed by atoms with Crippen molar-refractivity contribution in [1.82, 2.24) is 24.7 Å². The fourth-order valence-corrected chi connectivity index (χ4v) is 1.27. The number of ether oxygens (including phenoxy) is 2. The van der Waals surface area contributed by atoms with Gasteiger partial charge < -0.3 is 15.2 Å². The molecule has 8 nitrogen and oxygen atoms in total. The highest BCUT2D eigenvalue weighted by Crippen LogP contribution is 2.18. The Labute approximate surface area is 104 Å². The van der Waals surface area contributed by atoms with Crippen LogP contribution in [-0.2, 0) is 6.54 Å². The number of anilines is 1. The Hall–Kier alpha value is -2.38. The van der Waals surface area contributed by atoms with Crippen LogP contribution in [-0.4, -0.2) is 31.3 Å². The van der Waals surface area contributed by atoms with E-state index in [2.05, 4.69) is 20.1 Å². The minimum Gasteiger partial charge on any atom is -0.464 e. The standard InChI is InChI=1S/C10H14N6O2/c1-3-16-6-7(5-12-16)18-10-14-8(11)13-9(15-10)17-4-2/h5-6H,3-4H2,1-2H3,(H2,11,13,14,15). The van der Waals surface area contributed by atoms with Crippen molar-refractivity contribution in [1.29, 1.82) is 0 Å². The third-order valence-corrected chi connectivity index (χ3v) is 2.03. The summed E-state index contributed by atoms with van der Waals surface area (Å²) in [4.78, 5) is 11.7. The predicted octanol–water partition coefficient (Wildman–Crippen LogP) is 0.861.